The Kier molecular flexibility index (Phi) is 11.7. The molecule has 1 atom stereocenters. The molecular weight excluding hydrogens is 476 g/mol. The predicted molar refractivity (Wildman–Crippen MR) is 90.8 cm³/mol. The highest BCUT2D eigenvalue weighted by molar-refractivity contribution is 7.72. The van der Waals surface area contributed by atoms with Crippen molar-refractivity contribution in [3.05, 3.63) is 0 Å². The van der Waals surface area contributed by atoms with Crippen molar-refractivity contribution in [3.63, 3.8) is 0 Å². The number of nitrogens with two attached hydrogens (primary N) is 1. The van der Waals surface area contributed by atoms with Crippen LogP contribution in [0.1, 0.15) is 6.92 Å². The van der Waals surface area contributed by atoms with Gasteiger partial charge < -0.3 is 55.1 Å². The molecular formula is C7H22N2O15P4. The number of hydrogen-bond donors (Lipinski definition) is 11. The summed E-state index contributed by atoms with van der Waals surface area (Å²) in [5.41, 5.74) is -1.43. The van der Waals surface area contributed by atoms with Crippen LogP contribution in [0.2, 0.25) is 0 Å². The predicted octanol–water partition coefficient (Wildman–Crippen LogP) is -3.02. The van der Waals surface area contributed by atoms with E-state index in [1.807, 2.05) is 0 Å². The van der Waals surface area contributed by atoms with Gasteiger partial charge in [-0.15, -0.1) is 0 Å². The standard InChI is InChI=1S/C4H15NO12P4.C3H7NO3/c1-2-5(3(18(6,7)8)19(9,10)11)4(20(12,13)14)21(15,16)17;4-2(1-5)3(6)7/h3-4H,2H2,1H3,(H2,6,7,8)(H2,9,10,11)(H2,12,13,14)(H2,15,16,17);2,5H,1,4H2,(H,6,7)/t;2-/m.0/s1. The molecule has 0 aliphatic rings. The van der Waals surface area contributed by atoms with E-state index in [0.29, 0.717) is 0 Å². The first-order valence-corrected chi connectivity index (χ1v) is 13.4. The molecule has 0 saturated carbocycles. The van der Waals surface area contributed by atoms with E-state index in [-0.39, 0.29) is 4.90 Å². The van der Waals surface area contributed by atoms with E-state index in [1.165, 1.54) is 0 Å². The van der Waals surface area contributed by atoms with Crippen LogP contribution in [0.5, 0.6) is 0 Å². The number of rotatable bonds is 9. The van der Waals surface area contributed by atoms with Gasteiger partial charge in [-0.25, -0.2) is 0 Å². The fourth-order valence-electron chi connectivity index (χ4n) is 1.69. The lowest BCUT2D eigenvalue weighted by Gasteiger charge is -2.36. The van der Waals surface area contributed by atoms with Gasteiger partial charge in [0.1, 0.15) is 6.04 Å². The Bertz CT molecular complexity index is 611. The van der Waals surface area contributed by atoms with Crippen LogP contribution in [0, 0.1) is 0 Å². The van der Waals surface area contributed by atoms with Crippen LogP contribution in [0.25, 0.3) is 0 Å². The SMILES string of the molecule is CCN(C(P(=O)(O)O)P(=O)(O)O)C(P(=O)(O)O)P(=O)(O)O.N[C@@H](CO)C(=O)O. The van der Waals surface area contributed by atoms with Crippen molar-refractivity contribution in [1.29, 1.82) is 0 Å². The molecule has 0 bridgehead atoms. The van der Waals surface area contributed by atoms with E-state index in [0.717, 1.165) is 6.92 Å². The third-order valence-corrected chi connectivity index (χ3v) is 9.88. The first kappa shape index (κ1) is 30.1. The molecule has 0 amide bonds. The number of carboxylic acid groups (broad SMARTS) is 1. The quantitative estimate of drug-likeness (QED) is 0.141. The van der Waals surface area contributed by atoms with Gasteiger partial charge in [0.25, 0.3) is 0 Å². The number of aliphatic carboxylic acids is 1. The Morgan fingerprint density at radius 1 is 0.821 bits per heavy atom. The maximum Gasteiger partial charge on any atom is 0.355 e. The maximum absolute atomic E-state index is 11.2. The average molecular weight is 498 g/mol. The van der Waals surface area contributed by atoms with Gasteiger partial charge in [-0.1, -0.05) is 6.92 Å². The summed E-state index contributed by atoms with van der Waals surface area (Å²) in [5.74, 6) is -1.18. The van der Waals surface area contributed by atoms with Crippen molar-refractivity contribution in [3.8, 4) is 0 Å². The van der Waals surface area contributed by atoms with Gasteiger partial charge in [-0.3, -0.25) is 28.0 Å². The molecule has 0 saturated heterocycles. The fraction of sp³-hybridized carbons (Fsp3) is 0.857. The van der Waals surface area contributed by atoms with Crippen LogP contribution in [0.3, 0.4) is 0 Å². The van der Waals surface area contributed by atoms with Gasteiger partial charge in [0.15, 0.2) is 0 Å². The second-order valence-electron chi connectivity index (χ2n) is 5.01. The van der Waals surface area contributed by atoms with Gasteiger partial charge in [0.2, 0.25) is 11.0 Å². The van der Waals surface area contributed by atoms with Gasteiger partial charge in [-0.05, 0) is 6.54 Å². The molecule has 12 N–H and O–H groups in total. The van der Waals surface area contributed by atoms with E-state index in [9.17, 15) is 23.1 Å². The van der Waals surface area contributed by atoms with Crippen molar-refractivity contribution in [2.75, 3.05) is 13.2 Å². The molecule has 0 radical (unpaired) electrons. The van der Waals surface area contributed by atoms with Gasteiger partial charge in [0, 0.05) is 0 Å². The van der Waals surface area contributed by atoms with E-state index >= 15 is 0 Å². The first-order chi connectivity index (χ1) is 12.1. The van der Waals surface area contributed by atoms with Crippen LogP contribution in [-0.2, 0) is 23.1 Å². The monoisotopic (exact) mass is 498 g/mol. The Morgan fingerprint density at radius 3 is 1.14 bits per heavy atom. The number of carboxylic acids is 1. The highest BCUT2D eigenvalue weighted by Crippen LogP contribution is 2.68. The third-order valence-electron chi connectivity index (χ3n) is 2.68. The second kappa shape index (κ2) is 10.8. The zero-order valence-electron chi connectivity index (χ0n) is 14.0. The van der Waals surface area contributed by atoms with Crippen molar-refractivity contribution in [1.82, 2.24) is 4.90 Å². The molecule has 0 aromatic heterocycles. The van der Waals surface area contributed by atoms with E-state index in [1.54, 1.807) is 0 Å². The average Bonchev–Trinajstić information content (AvgIpc) is 2.39. The molecule has 0 heterocycles. The van der Waals surface area contributed by atoms with Gasteiger partial charge in [-0.2, -0.15) is 0 Å². The van der Waals surface area contributed by atoms with Gasteiger partial charge >= 0.3 is 36.4 Å². The maximum atomic E-state index is 11.2. The van der Waals surface area contributed by atoms with Crippen molar-refractivity contribution in [2.24, 2.45) is 5.73 Å². The highest BCUT2D eigenvalue weighted by atomic mass is 31.2. The minimum Gasteiger partial charge on any atom is -0.480 e. The molecule has 0 spiro atoms. The number of aliphatic hydroxyl groups is 1. The summed E-state index contributed by atoms with van der Waals surface area (Å²) in [7, 11) is -22.7. The third kappa shape index (κ3) is 10.1. The summed E-state index contributed by atoms with van der Waals surface area (Å²) >= 11 is 0. The van der Waals surface area contributed by atoms with Crippen LogP contribution in [-0.4, -0.2) is 90.5 Å². The minimum atomic E-state index is -5.69. The topological polar surface area (TPSA) is 317 Å². The zero-order chi connectivity index (χ0) is 23.3. The lowest BCUT2D eigenvalue weighted by atomic mass is 10.3. The van der Waals surface area contributed by atoms with Crippen molar-refractivity contribution < 1.29 is 72.4 Å². The summed E-state index contributed by atoms with van der Waals surface area (Å²) in [4.78, 5) is 81.1. The van der Waals surface area contributed by atoms with E-state index in [2.05, 4.69) is 0 Å². The smallest absolute Gasteiger partial charge is 0.355 e. The van der Waals surface area contributed by atoms with Crippen molar-refractivity contribution >= 4 is 36.4 Å². The molecule has 0 rings (SSSR count). The molecule has 0 fully saturated rings. The number of nitrogens with zero attached hydrogens (tertiary/aromatic N) is 1. The van der Waals surface area contributed by atoms with Crippen LogP contribution >= 0.6 is 30.4 Å². The summed E-state index contributed by atoms with van der Waals surface area (Å²) in [6.45, 7) is -0.409. The lowest BCUT2D eigenvalue weighted by Crippen LogP contribution is -2.42. The molecule has 17 nitrogen and oxygen atoms in total. The summed E-state index contributed by atoms with van der Waals surface area (Å²) in [5, 5.41) is 15.9. The fourth-order valence-corrected chi connectivity index (χ4v) is 7.98. The number of carbonyl (C=O) groups is 1. The first-order valence-electron chi connectivity index (χ1n) is 6.68. The molecule has 0 aromatic rings. The Morgan fingerprint density at radius 2 is 1.07 bits per heavy atom. The lowest BCUT2D eigenvalue weighted by molar-refractivity contribution is -0.139. The largest absolute Gasteiger partial charge is 0.480 e. The molecule has 0 aromatic carbocycles. The second-order valence-corrected chi connectivity index (χ2v) is 12.5. The molecule has 28 heavy (non-hydrogen) atoms. The van der Waals surface area contributed by atoms with Crippen LogP contribution in [0.15, 0.2) is 0 Å². The van der Waals surface area contributed by atoms with E-state index in [4.69, 9.17) is 55.1 Å². The molecule has 0 aliphatic carbocycles. The Hall–Kier alpha value is -0.0500. The highest BCUT2D eigenvalue weighted by Gasteiger charge is 2.57. The minimum absolute atomic E-state index is 0.261. The van der Waals surface area contributed by atoms with E-state index < -0.39 is 66.6 Å². The van der Waals surface area contributed by atoms with Crippen molar-refractivity contribution in [2.45, 2.75) is 24.0 Å². The summed E-state index contributed by atoms with van der Waals surface area (Å²) in [6, 6.07) is -1.13. The summed E-state index contributed by atoms with van der Waals surface area (Å²) in [6.07, 6.45) is 0. The van der Waals surface area contributed by atoms with Gasteiger partial charge in [0.05, 0.1) is 6.61 Å². The zero-order valence-corrected chi connectivity index (χ0v) is 17.6. The Balaban J connectivity index is 0. The molecule has 0 unspecified atom stereocenters. The summed E-state index contributed by atoms with van der Waals surface area (Å²) < 4.78 is 44.8. The Labute approximate surface area is 157 Å². The molecule has 0 aliphatic heterocycles. The normalized spacial score (nSPS) is 14.8. The molecule has 170 valence electrons. The number of hydrogen-bond acceptors (Lipinski definition) is 8. The van der Waals surface area contributed by atoms with Crippen LogP contribution < -0.4 is 5.73 Å². The number of aliphatic hydroxyl groups excluding tert-OH is 1. The molecule has 21 heteroatoms. The van der Waals surface area contributed by atoms with Crippen LogP contribution in [0.4, 0.5) is 0 Å².